The van der Waals surface area contributed by atoms with Crippen molar-refractivity contribution in [2.75, 3.05) is 0 Å². The maximum Gasteiger partial charge on any atom is 0.221 e. The molecule has 0 aliphatic carbocycles. The van der Waals surface area contributed by atoms with Crippen molar-refractivity contribution >= 4 is 24.9 Å². The Morgan fingerprint density at radius 2 is 1.92 bits per heavy atom. The highest BCUT2D eigenvalue weighted by molar-refractivity contribution is 6.83. The van der Waals surface area contributed by atoms with Crippen molar-refractivity contribution in [1.82, 2.24) is 0 Å². The molecule has 0 unspecified atom stereocenters. The lowest BCUT2D eigenvalue weighted by atomic mass is 10.2. The minimum absolute atomic E-state index is 0.238. The zero-order chi connectivity index (χ0) is 10.3. The van der Waals surface area contributed by atoms with Crippen molar-refractivity contribution in [3.05, 3.63) is 0 Å². The summed E-state index contributed by atoms with van der Waals surface area (Å²) in [5, 5.41) is -0.238. The SMILES string of the molecule is C[Si](C)(C)C#CCCCCC(=O)Cl. The van der Waals surface area contributed by atoms with Gasteiger partial charge in [0.05, 0.1) is 0 Å². The smallest absolute Gasteiger partial charge is 0.221 e. The van der Waals surface area contributed by atoms with Crippen LogP contribution in [-0.2, 0) is 4.79 Å². The molecule has 0 saturated heterocycles. The summed E-state index contributed by atoms with van der Waals surface area (Å²) < 4.78 is 0. The molecule has 0 spiro atoms. The fraction of sp³-hybridized carbons (Fsp3) is 0.700. The number of carbonyl (C=O) groups is 1. The summed E-state index contributed by atoms with van der Waals surface area (Å²) in [6.07, 6.45) is 3.23. The summed E-state index contributed by atoms with van der Waals surface area (Å²) in [6, 6.07) is 0. The number of unbranched alkanes of at least 4 members (excludes halogenated alkanes) is 2. The van der Waals surface area contributed by atoms with Crippen molar-refractivity contribution in [3.8, 4) is 11.5 Å². The molecule has 0 bridgehead atoms. The molecule has 0 aromatic carbocycles. The average molecular weight is 217 g/mol. The molecule has 0 fully saturated rings. The van der Waals surface area contributed by atoms with E-state index in [9.17, 15) is 4.79 Å². The van der Waals surface area contributed by atoms with Gasteiger partial charge in [0.25, 0.3) is 0 Å². The van der Waals surface area contributed by atoms with Crippen LogP contribution in [0.5, 0.6) is 0 Å². The molecule has 0 heterocycles. The predicted molar refractivity (Wildman–Crippen MR) is 60.5 cm³/mol. The van der Waals surface area contributed by atoms with Crippen molar-refractivity contribution in [3.63, 3.8) is 0 Å². The fourth-order valence-corrected chi connectivity index (χ4v) is 1.59. The molecular weight excluding hydrogens is 200 g/mol. The number of hydrogen-bond acceptors (Lipinski definition) is 1. The zero-order valence-electron chi connectivity index (χ0n) is 8.61. The first kappa shape index (κ1) is 12.7. The van der Waals surface area contributed by atoms with E-state index in [4.69, 9.17) is 11.6 Å². The highest BCUT2D eigenvalue weighted by atomic mass is 35.5. The van der Waals surface area contributed by atoms with Gasteiger partial charge in [-0.1, -0.05) is 19.6 Å². The van der Waals surface area contributed by atoms with Crippen LogP contribution in [-0.4, -0.2) is 13.3 Å². The van der Waals surface area contributed by atoms with E-state index in [1.54, 1.807) is 0 Å². The van der Waals surface area contributed by atoms with Gasteiger partial charge in [-0.2, -0.15) is 0 Å². The number of rotatable bonds is 4. The number of hydrogen-bond donors (Lipinski definition) is 0. The average Bonchev–Trinajstić information content (AvgIpc) is 1.93. The fourth-order valence-electron chi connectivity index (χ4n) is 0.805. The van der Waals surface area contributed by atoms with Gasteiger partial charge in [0.1, 0.15) is 8.07 Å². The van der Waals surface area contributed by atoms with Gasteiger partial charge in [-0.15, -0.1) is 11.5 Å². The lowest BCUT2D eigenvalue weighted by molar-refractivity contribution is -0.111. The molecule has 0 radical (unpaired) electrons. The molecule has 0 aromatic heterocycles. The molecule has 0 saturated carbocycles. The Morgan fingerprint density at radius 1 is 1.31 bits per heavy atom. The molecule has 74 valence electrons. The molecule has 0 N–H and O–H groups in total. The number of carbonyl (C=O) groups excluding carboxylic acids is 1. The quantitative estimate of drug-likeness (QED) is 0.305. The first-order chi connectivity index (χ1) is 5.92. The van der Waals surface area contributed by atoms with Crippen molar-refractivity contribution in [2.24, 2.45) is 0 Å². The summed E-state index contributed by atoms with van der Waals surface area (Å²) in [5.41, 5.74) is 3.28. The molecule has 1 nitrogen and oxygen atoms in total. The van der Waals surface area contributed by atoms with Crippen LogP contribution >= 0.6 is 11.6 Å². The second-order valence-corrected chi connectivity index (χ2v) is 9.29. The normalized spacial score (nSPS) is 10.5. The molecule has 0 rings (SSSR count). The minimum atomic E-state index is -1.19. The molecule has 0 aliphatic heterocycles. The zero-order valence-corrected chi connectivity index (χ0v) is 10.4. The van der Waals surface area contributed by atoms with Crippen molar-refractivity contribution in [1.29, 1.82) is 0 Å². The van der Waals surface area contributed by atoms with Crippen LogP contribution in [0.25, 0.3) is 0 Å². The van der Waals surface area contributed by atoms with Gasteiger partial charge < -0.3 is 0 Å². The molecule has 3 heteroatoms. The van der Waals surface area contributed by atoms with E-state index in [1.165, 1.54) is 0 Å². The molecule has 13 heavy (non-hydrogen) atoms. The molecule has 0 aliphatic rings. The molecular formula is C10H17ClOSi. The van der Waals surface area contributed by atoms with Gasteiger partial charge >= 0.3 is 0 Å². The largest absolute Gasteiger partial charge is 0.281 e. The third-order valence-electron chi connectivity index (χ3n) is 1.39. The van der Waals surface area contributed by atoms with Gasteiger partial charge in [0, 0.05) is 12.8 Å². The van der Waals surface area contributed by atoms with E-state index in [0.29, 0.717) is 6.42 Å². The van der Waals surface area contributed by atoms with E-state index in [0.717, 1.165) is 19.3 Å². The third-order valence-corrected chi connectivity index (χ3v) is 2.50. The maximum atomic E-state index is 10.4. The Balaban J connectivity index is 3.44. The Morgan fingerprint density at radius 3 is 2.38 bits per heavy atom. The molecule has 0 aromatic rings. The van der Waals surface area contributed by atoms with Crippen LogP contribution < -0.4 is 0 Å². The van der Waals surface area contributed by atoms with E-state index in [2.05, 4.69) is 31.1 Å². The minimum Gasteiger partial charge on any atom is -0.281 e. The topological polar surface area (TPSA) is 17.1 Å². The standard InChI is InChI=1S/C10H17ClOSi/c1-13(2,3)9-7-5-4-6-8-10(11)12/h4-6,8H2,1-3H3. The van der Waals surface area contributed by atoms with E-state index < -0.39 is 8.07 Å². The van der Waals surface area contributed by atoms with Crippen LogP contribution in [0.1, 0.15) is 25.7 Å². The van der Waals surface area contributed by atoms with Gasteiger partial charge in [0.2, 0.25) is 5.24 Å². The summed E-state index contributed by atoms with van der Waals surface area (Å²) in [7, 11) is -1.19. The highest BCUT2D eigenvalue weighted by Gasteiger charge is 2.06. The van der Waals surface area contributed by atoms with E-state index in [1.807, 2.05) is 0 Å². The molecule has 0 amide bonds. The lowest BCUT2D eigenvalue weighted by Crippen LogP contribution is -2.16. The Labute approximate surface area is 86.9 Å². The number of halogens is 1. The van der Waals surface area contributed by atoms with Gasteiger partial charge in [0.15, 0.2) is 0 Å². The molecule has 0 atom stereocenters. The van der Waals surface area contributed by atoms with Crippen molar-refractivity contribution < 1.29 is 4.79 Å². The van der Waals surface area contributed by atoms with Crippen LogP contribution in [0.15, 0.2) is 0 Å². The van der Waals surface area contributed by atoms with E-state index in [-0.39, 0.29) is 5.24 Å². The Bertz CT molecular complexity index is 219. The lowest BCUT2D eigenvalue weighted by Gasteiger charge is -2.03. The Kier molecular flexibility index (Phi) is 6.10. The monoisotopic (exact) mass is 216 g/mol. The third kappa shape index (κ3) is 11.7. The van der Waals surface area contributed by atoms with E-state index >= 15 is 0 Å². The second kappa shape index (κ2) is 6.23. The Hall–Kier alpha value is -0.263. The van der Waals surface area contributed by atoms with Crippen LogP contribution in [0.4, 0.5) is 0 Å². The summed E-state index contributed by atoms with van der Waals surface area (Å²) in [4.78, 5) is 10.4. The highest BCUT2D eigenvalue weighted by Crippen LogP contribution is 2.02. The second-order valence-electron chi connectivity index (χ2n) is 4.11. The summed E-state index contributed by atoms with van der Waals surface area (Å²) >= 11 is 5.20. The summed E-state index contributed by atoms with van der Waals surface area (Å²) in [5.74, 6) is 3.16. The van der Waals surface area contributed by atoms with Crippen LogP contribution in [0.2, 0.25) is 19.6 Å². The van der Waals surface area contributed by atoms with Crippen LogP contribution in [0, 0.1) is 11.5 Å². The summed E-state index contributed by atoms with van der Waals surface area (Å²) in [6.45, 7) is 6.67. The van der Waals surface area contributed by atoms with Crippen molar-refractivity contribution in [2.45, 2.75) is 45.3 Å². The van der Waals surface area contributed by atoms with Gasteiger partial charge in [-0.25, -0.2) is 0 Å². The van der Waals surface area contributed by atoms with Gasteiger partial charge in [-0.05, 0) is 24.4 Å². The van der Waals surface area contributed by atoms with Crippen LogP contribution in [0.3, 0.4) is 0 Å². The first-order valence-corrected chi connectivity index (χ1v) is 8.48. The predicted octanol–water partition coefficient (Wildman–Crippen LogP) is 3.19. The maximum absolute atomic E-state index is 10.4. The van der Waals surface area contributed by atoms with Gasteiger partial charge in [-0.3, -0.25) is 4.79 Å². The first-order valence-electron chi connectivity index (χ1n) is 4.60.